The minimum Gasteiger partial charge on any atom is -0.487 e. The number of anilines is 1. The number of hydrogen-bond acceptors (Lipinski definition) is 3. The van der Waals surface area contributed by atoms with Gasteiger partial charge in [0, 0.05) is 13.6 Å². The van der Waals surface area contributed by atoms with E-state index < -0.39 is 0 Å². The second-order valence-electron chi connectivity index (χ2n) is 6.90. The number of rotatable bonds is 11. The molecular weight excluding hydrogens is 350 g/mol. The first kappa shape index (κ1) is 21.8. The van der Waals surface area contributed by atoms with Gasteiger partial charge in [0.2, 0.25) is 0 Å². The average Bonchev–Trinajstić information content (AvgIpc) is 2.72. The van der Waals surface area contributed by atoms with Crippen LogP contribution in [0.5, 0.6) is 5.75 Å². The molecule has 0 saturated carbocycles. The third kappa shape index (κ3) is 7.24. The highest BCUT2D eigenvalue weighted by Gasteiger charge is 2.10. The van der Waals surface area contributed by atoms with E-state index in [0.29, 0.717) is 18.0 Å². The first-order chi connectivity index (χ1) is 13.7. The zero-order valence-corrected chi connectivity index (χ0v) is 17.3. The summed E-state index contributed by atoms with van der Waals surface area (Å²) in [5, 5.41) is 5.49. The number of nitrogens with one attached hydrogen (secondary N) is 2. The van der Waals surface area contributed by atoms with E-state index in [4.69, 9.17) is 4.74 Å². The van der Waals surface area contributed by atoms with Gasteiger partial charge in [-0.05, 0) is 55.6 Å². The van der Waals surface area contributed by atoms with Gasteiger partial charge in [-0.25, -0.2) is 4.79 Å². The van der Waals surface area contributed by atoms with E-state index in [1.807, 2.05) is 42.5 Å². The molecule has 0 saturated heterocycles. The number of ether oxygens (including phenoxy) is 1. The molecule has 152 valence electrons. The van der Waals surface area contributed by atoms with E-state index in [0.717, 1.165) is 44.5 Å². The summed E-state index contributed by atoms with van der Waals surface area (Å²) in [4.78, 5) is 14.4. The molecule has 0 fully saturated rings. The fourth-order valence-electron chi connectivity index (χ4n) is 3.13. The van der Waals surface area contributed by atoms with Gasteiger partial charge in [-0.15, -0.1) is 0 Å². The van der Waals surface area contributed by atoms with Crippen molar-refractivity contribution in [1.82, 2.24) is 10.2 Å². The van der Waals surface area contributed by atoms with Crippen molar-refractivity contribution in [3.63, 3.8) is 0 Å². The highest BCUT2D eigenvalue weighted by atomic mass is 16.5. The first-order valence-electron chi connectivity index (χ1n) is 10.2. The number of urea groups is 1. The second-order valence-corrected chi connectivity index (χ2v) is 6.90. The maximum absolute atomic E-state index is 11.9. The van der Waals surface area contributed by atoms with Crippen molar-refractivity contribution in [2.24, 2.45) is 0 Å². The Morgan fingerprint density at radius 2 is 1.68 bits per heavy atom. The van der Waals surface area contributed by atoms with Crippen LogP contribution in [-0.2, 0) is 13.0 Å². The highest BCUT2D eigenvalue weighted by Crippen LogP contribution is 2.27. The van der Waals surface area contributed by atoms with Crippen LogP contribution >= 0.6 is 0 Å². The Kier molecular flexibility index (Phi) is 9.35. The smallest absolute Gasteiger partial charge is 0.319 e. The molecule has 0 aliphatic rings. The molecule has 2 rings (SSSR count). The highest BCUT2D eigenvalue weighted by molar-refractivity contribution is 5.90. The lowest BCUT2D eigenvalue weighted by atomic mass is 10.1. The minimum atomic E-state index is -0.250. The molecule has 2 aromatic rings. The van der Waals surface area contributed by atoms with Crippen LogP contribution in [0.3, 0.4) is 0 Å². The Morgan fingerprint density at radius 3 is 2.32 bits per heavy atom. The minimum absolute atomic E-state index is 0.250. The van der Waals surface area contributed by atoms with Crippen LogP contribution in [0, 0.1) is 0 Å². The van der Waals surface area contributed by atoms with Crippen molar-refractivity contribution in [1.29, 1.82) is 0 Å². The molecule has 0 heterocycles. The number of hydrogen-bond donors (Lipinski definition) is 2. The number of nitrogens with zero attached hydrogens (tertiary/aromatic N) is 1. The van der Waals surface area contributed by atoms with Gasteiger partial charge in [-0.2, -0.15) is 0 Å². The van der Waals surface area contributed by atoms with Crippen LogP contribution in [0.15, 0.2) is 48.5 Å². The molecule has 0 aromatic heterocycles. The molecule has 0 bridgehead atoms. The third-order valence-corrected chi connectivity index (χ3v) is 4.55. The molecule has 0 radical (unpaired) electrons. The van der Waals surface area contributed by atoms with Gasteiger partial charge in [0.15, 0.2) is 0 Å². The largest absolute Gasteiger partial charge is 0.487 e. The van der Waals surface area contributed by atoms with Crippen LogP contribution in [0.1, 0.15) is 37.8 Å². The van der Waals surface area contributed by atoms with Crippen molar-refractivity contribution in [2.45, 2.75) is 39.7 Å². The molecule has 2 aromatic carbocycles. The zero-order chi connectivity index (χ0) is 20.2. The number of carbonyl (C=O) groups excluding carboxylic acids is 1. The van der Waals surface area contributed by atoms with Gasteiger partial charge in [0.05, 0.1) is 5.69 Å². The Balaban J connectivity index is 2.08. The summed E-state index contributed by atoms with van der Waals surface area (Å²) < 4.78 is 5.97. The van der Waals surface area contributed by atoms with Crippen LogP contribution < -0.4 is 15.4 Å². The van der Waals surface area contributed by atoms with E-state index >= 15 is 0 Å². The van der Waals surface area contributed by atoms with Crippen molar-refractivity contribution in [2.75, 3.05) is 32.0 Å². The maximum atomic E-state index is 11.9. The van der Waals surface area contributed by atoms with Gasteiger partial charge in [-0.1, -0.05) is 50.2 Å². The van der Waals surface area contributed by atoms with Crippen molar-refractivity contribution in [3.05, 3.63) is 59.7 Å². The summed E-state index contributed by atoms with van der Waals surface area (Å²) in [5.74, 6) is 0.676. The molecule has 0 spiro atoms. The van der Waals surface area contributed by atoms with Gasteiger partial charge in [0.1, 0.15) is 12.4 Å². The van der Waals surface area contributed by atoms with Crippen LogP contribution in [0.2, 0.25) is 0 Å². The fourth-order valence-corrected chi connectivity index (χ4v) is 3.13. The lowest BCUT2D eigenvalue weighted by Gasteiger charge is -2.21. The molecule has 2 amide bonds. The maximum Gasteiger partial charge on any atom is 0.319 e. The van der Waals surface area contributed by atoms with E-state index in [-0.39, 0.29) is 6.03 Å². The van der Waals surface area contributed by atoms with Gasteiger partial charge in [-0.3, -0.25) is 0 Å². The van der Waals surface area contributed by atoms with Crippen molar-refractivity contribution >= 4 is 11.7 Å². The topological polar surface area (TPSA) is 53.6 Å². The SMILES string of the molecule is CCCN(CCC)CCc1ccc(OCc2ccccc2)c(NC(=O)NC)c1. The van der Waals surface area contributed by atoms with E-state index in [1.165, 1.54) is 5.56 Å². The lowest BCUT2D eigenvalue weighted by molar-refractivity contribution is 0.253. The van der Waals surface area contributed by atoms with Crippen LogP contribution in [0.4, 0.5) is 10.5 Å². The third-order valence-electron chi connectivity index (χ3n) is 4.55. The average molecular weight is 384 g/mol. The standard InChI is InChI=1S/C23H33N3O2/c1-4-14-26(15-5-2)16-13-19-11-12-22(21(17-19)25-23(27)24-3)28-18-20-9-7-6-8-10-20/h6-12,17H,4-5,13-16,18H2,1-3H3,(H2,24,25,27). The predicted molar refractivity (Wildman–Crippen MR) is 116 cm³/mol. The Hall–Kier alpha value is -2.53. The predicted octanol–water partition coefficient (Wildman–Crippen LogP) is 4.68. The van der Waals surface area contributed by atoms with E-state index in [2.05, 4.69) is 35.4 Å². The molecule has 0 aliphatic carbocycles. The molecule has 5 heteroatoms. The van der Waals surface area contributed by atoms with Crippen LogP contribution in [0.25, 0.3) is 0 Å². The summed E-state index contributed by atoms with van der Waals surface area (Å²) >= 11 is 0. The fraction of sp³-hybridized carbons (Fsp3) is 0.435. The van der Waals surface area contributed by atoms with Crippen LogP contribution in [-0.4, -0.2) is 37.6 Å². The van der Waals surface area contributed by atoms with Gasteiger partial charge in [0.25, 0.3) is 0 Å². The summed E-state index contributed by atoms with van der Waals surface area (Å²) in [6.45, 7) is 8.15. The van der Waals surface area contributed by atoms with Gasteiger partial charge < -0.3 is 20.3 Å². The second kappa shape index (κ2) is 12.0. The molecule has 2 N–H and O–H groups in total. The Bertz CT molecular complexity index is 713. The molecule has 0 atom stereocenters. The Morgan fingerprint density at radius 1 is 0.964 bits per heavy atom. The van der Waals surface area contributed by atoms with Crippen molar-refractivity contribution in [3.8, 4) is 5.75 Å². The number of amides is 2. The summed E-state index contributed by atoms with van der Waals surface area (Å²) in [7, 11) is 1.61. The molecule has 5 nitrogen and oxygen atoms in total. The number of benzene rings is 2. The quantitative estimate of drug-likeness (QED) is 0.592. The lowest BCUT2D eigenvalue weighted by Crippen LogP contribution is -2.28. The van der Waals surface area contributed by atoms with Gasteiger partial charge >= 0.3 is 6.03 Å². The van der Waals surface area contributed by atoms with E-state index in [1.54, 1.807) is 7.05 Å². The molecular formula is C23H33N3O2. The molecule has 0 unspecified atom stereocenters. The summed E-state index contributed by atoms with van der Waals surface area (Å²) in [6, 6.07) is 15.8. The Labute approximate surface area is 169 Å². The summed E-state index contributed by atoms with van der Waals surface area (Å²) in [5.41, 5.74) is 2.98. The first-order valence-corrected chi connectivity index (χ1v) is 10.2. The number of carbonyl (C=O) groups is 1. The van der Waals surface area contributed by atoms with Crippen molar-refractivity contribution < 1.29 is 9.53 Å². The monoisotopic (exact) mass is 383 g/mol. The summed E-state index contributed by atoms with van der Waals surface area (Å²) in [6.07, 6.45) is 3.27. The van der Waals surface area contributed by atoms with E-state index in [9.17, 15) is 4.79 Å². The molecule has 0 aliphatic heterocycles. The molecule has 28 heavy (non-hydrogen) atoms. The normalized spacial score (nSPS) is 10.7. The zero-order valence-electron chi connectivity index (χ0n) is 17.3.